The molecule has 8 heteroatoms. The van der Waals surface area contributed by atoms with E-state index in [-0.39, 0.29) is 13.0 Å². The molecule has 1 atom stereocenters. The van der Waals surface area contributed by atoms with Crippen molar-refractivity contribution in [3.05, 3.63) is 35.1 Å². The highest BCUT2D eigenvalue weighted by Gasteiger charge is 2.28. The first-order valence-electron chi connectivity index (χ1n) is 6.99. The van der Waals surface area contributed by atoms with Crippen LogP contribution in [0.3, 0.4) is 0 Å². The van der Waals surface area contributed by atoms with Crippen molar-refractivity contribution in [1.29, 1.82) is 0 Å². The van der Waals surface area contributed by atoms with E-state index in [4.69, 9.17) is 0 Å². The monoisotopic (exact) mass is 333 g/mol. The molecule has 0 bridgehead atoms. The van der Waals surface area contributed by atoms with Crippen molar-refractivity contribution in [3.8, 4) is 0 Å². The predicted octanol–water partition coefficient (Wildman–Crippen LogP) is 1.88. The molecule has 0 aliphatic carbocycles. The summed E-state index contributed by atoms with van der Waals surface area (Å²) in [5, 5.41) is 9.34. The van der Waals surface area contributed by atoms with Gasteiger partial charge in [-0.3, -0.25) is 9.59 Å². The number of ether oxygens (including phenoxy) is 1. The van der Waals surface area contributed by atoms with Gasteiger partial charge in [-0.2, -0.15) is 0 Å². The Morgan fingerprint density at radius 3 is 2.43 bits per heavy atom. The quantitative estimate of drug-likeness (QED) is 0.611. The number of aliphatic hydroxyl groups is 1. The molecule has 128 valence electrons. The number of nitrogens with zero attached hydrogens (tertiary/aromatic N) is 1. The maximum Gasteiger partial charge on any atom is 0.307 e. The third kappa shape index (κ3) is 4.44. The summed E-state index contributed by atoms with van der Waals surface area (Å²) in [6, 6.07) is 0.773. The predicted molar refractivity (Wildman–Crippen MR) is 75.2 cm³/mol. The molecule has 0 radical (unpaired) electrons. The second-order valence-corrected chi connectivity index (χ2v) is 4.79. The van der Waals surface area contributed by atoms with Crippen molar-refractivity contribution >= 4 is 11.9 Å². The fourth-order valence-corrected chi connectivity index (χ4v) is 2.06. The maximum atomic E-state index is 13.8. The van der Waals surface area contributed by atoms with Crippen LogP contribution < -0.4 is 0 Å². The first-order valence-corrected chi connectivity index (χ1v) is 6.99. The average Bonchev–Trinajstić information content (AvgIpc) is 2.55. The molecule has 1 aromatic carbocycles. The van der Waals surface area contributed by atoms with Crippen LogP contribution in [-0.2, 0) is 9.53 Å². The number of hydrogen-bond acceptors (Lipinski definition) is 4. The maximum absolute atomic E-state index is 13.8. The number of carbonyl (C=O) groups excluding carboxylic acids is 2. The Labute approximate surface area is 131 Å². The summed E-state index contributed by atoms with van der Waals surface area (Å²) in [4.78, 5) is 24.7. The van der Waals surface area contributed by atoms with Crippen LogP contribution in [0, 0.1) is 17.5 Å². The third-order valence-corrected chi connectivity index (χ3v) is 3.43. The standard InChI is InChI=1S/C15H18F3NO4/c1-3-9(8-20)19(7-6-12(21)23-2)15(22)10-4-5-11(16)14(18)13(10)17/h4-5,9,20H,3,6-8H2,1-2H3. The number of hydrogen-bond donors (Lipinski definition) is 1. The van der Waals surface area contributed by atoms with E-state index in [1.54, 1.807) is 6.92 Å². The number of carbonyl (C=O) groups is 2. The molecule has 1 amide bonds. The molecule has 1 N–H and O–H groups in total. The second-order valence-electron chi connectivity index (χ2n) is 4.79. The molecule has 0 aliphatic heterocycles. The van der Waals surface area contributed by atoms with Gasteiger partial charge in [0.2, 0.25) is 0 Å². The first kappa shape index (κ1) is 19.0. The summed E-state index contributed by atoms with van der Waals surface area (Å²) in [6.07, 6.45) is 0.152. The molecule has 1 unspecified atom stereocenters. The van der Waals surface area contributed by atoms with Gasteiger partial charge in [0, 0.05) is 6.54 Å². The molecule has 0 spiro atoms. The van der Waals surface area contributed by atoms with Gasteiger partial charge in [0.15, 0.2) is 17.5 Å². The lowest BCUT2D eigenvalue weighted by Gasteiger charge is -2.30. The molecule has 1 rings (SSSR count). The van der Waals surface area contributed by atoms with E-state index < -0.39 is 47.5 Å². The highest BCUT2D eigenvalue weighted by Crippen LogP contribution is 2.19. The van der Waals surface area contributed by atoms with Gasteiger partial charge in [-0.25, -0.2) is 13.2 Å². The van der Waals surface area contributed by atoms with E-state index >= 15 is 0 Å². The molecule has 0 saturated heterocycles. The van der Waals surface area contributed by atoms with Crippen LogP contribution in [0.1, 0.15) is 30.1 Å². The highest BCUT2D eigenvalue weighted by atomic mass is 19.2. The van der Waals surface area contributed by atoms with Gasteiger partial charge in [-0.1, -0.05) is 6.92 Å². The van der Waals surface area contributed by atoms with E-state index in [9.17, 15) is 27.9 Å². The first-order chi connectivity index (χ1) is 10.9. The van der Waals surface area contributed by atoms with Crippen LogP contribution in [0.15, 0.2) is 12.1 Å². The van der Waals surface area contributed by atoms with Crippen LogP contribution in [0.2, 0.25) is 0 Å². The minimum absolute atomic E-state index is 0.150. The minimum Gasteiger partial charge on any atom is -0.469 e. The van der Waals surface area contributed by atoms with Crippen molar-refractivity contribution < 1.29 is 32.6 Å². The summed E-state index contributed by atoms with van der Waals surface area (Å²) < 4.78 is 44.5. The molecular formula is C15H18F3NO4. The van der Waals surface area contributed by atoms with Crippen LogP contribution in [0.4, 0.5) is 13.2 Å². The van der Waals surface area contributed by atoms with Gasteiger partial charge in [0.05, 0.1) is 31.7 Å². The molecule has 0 saturated carbocycles. The Hall–Kier alpha value is -2.09. The largest absolute Gasteiger partial charge is 0.469 e. The number of rotatable bonds is 7. The Kier molecular flexibility index (Phi) is 7.02. The molecule has 0 fully saturated rings. The molecule has 23 heavy (non-hydrogen) atoms. The highest BCUT2D eigenvalue weighted by molar-refractivity contribution is 5.95. The zero-order valence-corrected chi connectivity index (χ0v) is 12.8. The molecule has 5 nitrogen and oxygen atoms in total. The van der Waals surface area contributed by atoms with Crippen LogP contribution in [0.5, 0.6) is 0 Å². The summed E-state index contributed by atoms with van der Waals surface area (Å²) in [5.41, 5.74) is -0.666. The SMILES string of the molecule is CCC(CO)N(CCC(=O)OC)C(=O)c1ccc(F)c(F)c1F. The number of amides is 1. The smallest absolute Gasteiger partial charge is 0.307 e. The van der Waals surface area contributed by atoms with Crippen LogP contribution in [0.25, 0.3) is 0 Å². The topological polar surface area (TPSA) is 66.8 Å². The van der Waals surface area contributed by atoms with Crippen LogP contribution >= 0.6 is 0 Å². The Morgan fingerprint density at radius 2 is 1.91 bits per heavy atom. The van der Waals surface area contributed by atoms with Crippen molar-refractivity contribution in [3.63, 3.8) is 0 Å². The summed E-state index contributed by atoms with van der Waals surface area (Å²) in [6.45, 7) is 1.11. The van der Waals surface area contributed by atoms with Gasteiger partial charge < -0.3 is 14.7 Å². The second kappa shape index (κ2) is 8.52. The van der Waals surface area contributed by atoms with Crippen molar-refractivity contribution in [2.75, 3.05) is 20.3 Å². The van der Waals surface area contributed by atoms with Gasteiger partial charge in [0.1, 0.15) is 0 Å². The van der Waals surface area contributed by atoms with Gasteiger partial charge >= 0.3 is 5.97 Å². The third-order valence-electron chi connectivity index (χ3n) is 3.43. The number of aliphatic hydroxyl groups excluding tert-OH is 1. The Bertz CT molecular complexity index is 576. The number of halogens is 3. The van der Waals surface area contributed by atoms with Crippen molar-refractivity contribution in [2.24, 2.45) is 0 Å². The summed E-state index contributed by atoms with van der Waals surface area (Å²) >= 11 is 0. The van der Waals surface area contributed by atoms with E-state index in [0.717, 1.165) is 11.0 Å². The Morgan fingerprint density at radius 1 is 1.26 bits per heavy atom. The van der Waals surface area contributed by atoms with E-state index in [2.05, 4.69) is 4.74 Å². The van der Waals surface area contributed by atoms with Crippen molar-refractivity contribution in [1.82, 2.24) is 4.90 Å². The van der Waals surface area contributed by atoms with E-state index in [1.165, 1.54) is 7.11 Å². The van der Waals surface area contributed by atoms with Gasteiger partial charge in [0.25, 0.3) is 5.91 Å². The zero-order valence-electron chi connectivity index (χ0n) is 12.8. The molecular weight excluding hydrogens is 315 g/mol. The Balaban J connectivity index is 3.12. The van der Waals surface area contributed by atoms with E-state index in [1.807, 2.05) is 0 Å². The molecule has 1 aromatic rings. The zero-order chi connectivity index (χ0) is 17.6. The lowest BCUT2D eigenvalue weighted by atomic mass is 10.1. The summed E-state index contributed by atoms with van der Waals surface area (Å²) in [7, 11) is 1.17. The number of benzene rings is 1. The number of esters is 1. The van der Waals surface area contributed by atoms with Crippen molar-refractivity contribution in [2.45, 2.75) is 25.8 Å². The lowest BCUT2D eigenvalue weighted by Crippen LogP contribution is -2.43. The van der Waals surface area contributed by atoms with Gasteiger partial charge in [-0.05, 0) is 18.6 Å². The number of methoxy groups -OCH3 is 1. The van der Waals surface area contributed by atoms with E-state index in [0.29, 0.717) is 12.5 Å². The normalized spacial score (nSPS) is 11.9. The molecule has 0 heterocycles. The van der Waals surface area contributed by atoms with Gasteiger partial charge in [-0.15, -0.1) is 0 Å². The minimum atomic E-state index is -1.75. The molecule has 0 aliphatic rings. The fraction of sp³-hybridized carbons (Fsp3) is 0.467. The average molecular weight is 333 g/mol. The lowest BCUT2D eigenvalue weighted by molar-refractivity contribution is -0.140. The fourth-order valence-electron chi connectivity index (χ4n) is 2.06. The van der Waals surface area contributed by atoms with Crippen LogP contribution in [-0.4, -0.2) is 48.2 Å². The molecule has 0 aromatic heterocycles. The summed E-state index contributed by atoms with van der Waals surface area (Å²) in [5.74, 6) is -6.30.